The van der Waals surface area contributed by atoms with E-state index in [4.69, 9.17) is 16.7 Å². The summed E-state index contributed by atoms with van der Waals surface area (Å²) in [7, 11) is 0. The molecule has 1 aromatic rings. The molecule has 0 spiro atoms. The van der Waals surface area contributed by atoms with Gasteiger partial charge in [-0.05, 0) is 30.0 Å². The van der Waals surface area contributed by atoms with Gasteiger partial charge >= 0.3 is 11.5 Å². The number of thioether (sulfide) groups is 1. The molecule has 0 amide bonds. The van der Waals surface area contributed by atoms with Crippen LogP contribution < -0.4 is 5.32 Å². The SMILES string of the molecule is O=C(O)c1ccc(NCCSC(F)(F)F)c(Cl)c1. The van der Waals surface area contributed by atoms with Crippen LogP contribution in [0.25, 0.3) is 0 Å². The van der Waals surface area contributed by atoms with Crippen molar-refractivity contribution < 1.29 is 23.1 Å². The topological polar surface area (TPSA) is 49.3 Å². The molecule has 0 radical (unpaired) electrons. The van der Waals surface area contributed by atoms with Crippen molar-refractivity contribution in [2.75, 3.05) is 17.6 Å². The summed E-state index contributed by atoms with van der Waals surface area (Å²) in [6.45, 7) is 0.0797. The van der Waals surface area contributed by atoms with Gasteiger partial charge in [-0.15, -0.1) is 0 Å². The van der Waals surface area contributed by atoms with Crippen molar-refractivity contribution in [3.8, 4) is 0 Å². The number of rotatable bonds is 5. The number of anilines is 1. The third kappa shape index (κ3) is 5.05. The second-order valence-electron chi connectivity index (χ2n) is 3.22. The third-order valence-electron chi connectivity index (χ3n) is 1.90. The van der Waals surface area contributed by atoms with Gasteiger partial charge in [-0.1, -0.05) is 11.6 Å². The van der Waals surface area contributed by atoms with E-state index in [-0.39, 0.29) is 34.6 Å². The monoisotopic (exact) mass is 299 g/mol. The molecule has 0 atom stereocenters. The number of hydrogen-bond donors (Lipinski definition) is 2. The van der Waals surface area contributed by atoms with Gasteiger partial charge in [0.05, 0.1) is 16.3 Å². The fourth-order valence-corrected chi connectivity index (χ4v) is 1.83. The molecule has 0 unspecified atom stereocenters. The van der Waals surface area contributed by atoms with Crippen molar-refractivity contribution in [1.82, 2.24) is 0 Å². The minimum Gasteiger partial charge on any atom is -0.478 e. The van der Waals surface area contributed by atoms with Crippen LogP contribution in [0.15, 0.2) is 18.2 Å². The van der Waals surface area contributed by atoms with E-state index in [2.05, 4.69) is 5.32 Å². The highest BCUT2D eigenvalue weighted by molar-refractivity contribution is 8.00. The Bertz CT molecular complexity index is 440. The van der Waals surface area contributed by atoms with Crippen molar-refractivity contribution in [3.05, 3.63) is 28.8 Å². The minimum absolute atomic E-state index is 0.0233. The highest BCUT2D eigenvalue weighted by Gasteiger charge is 2.27. The van der Waals surface area contributed by atoms with E-state index in [9.17, 15) is 18.0 Å². The summed E-state index contributed by atoms with van der Waals surface area (Å²) < 4.78 is 35.5. The van der Waals surface area contributed by atoms with E-state index in [1.54, 1.807) is 0 Å². The maximum absolute atomic E-state index is 11.8. The van der Waals surface area contributed by atoms with E-state index in [1.807, 2.05) is 0 Å². The molecule has 100 valence electrons. The summed E-state index contributed by atoms with van der Waals surface area (Å²) in [6, 6.07) is 3.99. The molecular formula is C10H9ClF3NO2S. The van der Waals surface area contributed by atoms with Gasteiger partial charge in [0.1, 0.15) is 0 Å². The quantitative estimate of drug-likeness (QED) is 0.814. The first-order valence-corrected chi connectivity index (χ1v) is 6.13. The lowest BCUT2D eigenvalue weighted by Crippen LogP contribution is -2.10. The van der Waals surface area contributed by atoms with Gasteiger partial charge in [0, 0.05) is 12.3 Å². The summed E-state index contributed by atoms with van der Waals surface area (Å²) in [5.41, 5.74) is -3.82. The van der Waals surface area contributed by atoms with E-state index in [0.717, 1.165) is 0 Å². The smallest absolute Gasteiger partial charge is 0.441 e. The predicted octanol–water partition coefficient (Wildman–Crippen LogP) is 3.70. The van der Waals surface area contributed by atoms with Gasteiger partial charge in [-0.2, -0.15) is 13.2 Å². The van der Waals surface area contributed by atoms with Crippen LogP contribution in [0.2, 0.25) is 5.02 Å². The number of benzene rings is 1. The second kappa shape index (κ2) is 6.19. The lowest BCUT2D eigenvalue weighted by Gasteiger charge is -2.09. The summed E-state index contributed by atoms with van der Waals surface area (Å²) in [6.07, 6.45) is 0. The predicted molar refractivity (Wildman–Crippen MR) is 65.4 cm³/mol. The largest absolute Gasteiger partial charge is 0.478 e. The number of alkyl halides is 3. The van der Waals surface area contributed by atoms with Crippen LogP contribution in [0.3, 0.4) is 0 Å². The van der Waals surface area contributed by atoms with Gasteiger partial charge < -0.3 is 10.4 Å². The first kappa shape index (κ1) is 15.0. The molecule has 0 heterocycles. The van der Waals surface area contributed by atoms with Crippen LogP contribution in [-0.4, -0.2) is 28.9 Å². The van der Waals surface area contributed by atoms with Gasteiger partial charge in [-0.25, -0.2) is 4.79 Å². The zero-order chi connectivity index (χ0) is 13.8. The fraction of sp³-hybridized carbons (Fsp3) is 0.300. The summed E-state index contributed by atoms with van der Waals surface area (Å²) >= 11 is 5.65. The van der Waals surface area contributed by atoms with Crippen LogP contribution >= 0.6 is 23.4 Å². The zero-order valence-corrected chi connectivity index (χ0v) is 10.5. The van der Waals surface area contributed by atoms with Gasteiger partial charge in [0.25, 0.3) is 0 Å². The number of aromatic carboxylic acids is 1. The van der Waals surface area contributed by atoms with Gasteiger partial charge in [0.2, 0.25) is 0 Å². The van der Waals surface area contributed by atoms with E-state index < -0.39 is 11.5 Å². The molecule has 0 saturated heterocycles. The molecule has 0 aliphatic heterocycles. The van der Waals surface area contributed by atoms with Gasteiger partial charge in [-0.3, -0.25) is 0 Å². The maximum Gasteiger partial charge on any atom is 0.441 e. The normalized spacial score (nSPS) is 11.3. The van der Waals surface area contributed by atoms with E-state index >= 15 is 0 Å². The Kier molecular flexibility index (Phi) is 5.15. The molecule has 2 N–H and O–H groups in total. The third-order valence-corrected chi connectivity index (χ3v) is 2.95. The lowest BCUT2D eigenvalue weighted by molar-refractivity contribution is -0.0327. The average molecular weight is 300 g/mol. The van der Waals surface area contributed by atoms with Crippen molar-refractivity contribution >= 4 is 35.0 Å². The molecular weight excluding hydrogens is 291 g/mol. The molecule has 0 bridgehead atoms. The van der Waals surface area contributed by atoms with Crippen LogP contribution in [0.1, 0.15) is 10.4 Å². The average Bonchev–Trinajstić information content (AvgIpc) is 2.24. The summed E-state index contributed by atoms with van der Waals surface area (Å²) in [5, 5.41) is 11.6. The molecule has 8 heteroatoms. The molecule has 0 aromatic heterocycles. The Balaban J connectivity index is 2.51. The van der Waals surface area contributed by atoms with Crippen LogP contribution in [0.5, 0.6) is 0 Å². The van der Waals surface area contributed by atoms with Crippen molar-refractivity contribution in [2.24, 2.45) is 0 Å². The fourth-order valence-electron chi connectivity index (χ4n) is 1.14. The van der Waals surface area contributed by atoms with Crippen molar-refractivity contribution in [1.29, 1.82) is 0 Å². The van der Waals surface area contributed by atoms with Crippen LogP contribution in [-0.2, 0) is 0 Å². The Morgan fingerprint density at radius 3 is 2.61 bits per heavy atom. The zero-order valence-electron chi connectivity index (χ0n) is 8.92. The summed E-state index contributed by atoms with van der Waals surface area (Å²) in [5.74, 6) is -1.27. The Labute approximate surface area is 110 Å². The van der Waals surface area contributed by atoms with E-state index in [1.165, 1.54) is 18.2 Å². The molecule has 0 aliphatic rings. The second-order valence-corrected chi connectivity index (χ2v) is 4.79. The van der Waals surface area contributed by atoms with Gasteiger partial charge in [0.15, 0.2) is 0 Å². The first-order valence-electron chi connectivity index (χ1n) is 4.77. The first-order chi connectivity index (χ1) is 8.29. The number of hydrogen-bond acceptors (Lipinski definition) is 3. The number of carboxylic acids is 1. The number of halogens is 4. The number of nitrogens with one attached hydrogen (secondary N) is 1. The molecule has 1 aromatic carbocycles. The number of carboxylic acid groups (broad SMARTS) is 1. The Morgan fingerprint density at radius 1 is 1.44 bits per heavy atom. The number of carbonyl (C=O) groups is 1. The Hall–Kier alpha value is -1.08. The molecule has 0 fully saturated rings. The van der Waals surface area contributed by atoms with E-state index in [0.29, 0.717) is 5.69 Å². The molecule has 0 saturated carbocycles. The van der Waals surface area contributed by atoms with Crippen molar-refractivity contribution in [2.45, 2.75) is 5.51 Å². The molecule has 3 nitrogen and oxygen atoms in total. The standard InChI is InChI=1S/C10H9ClF3NO2S/c11-7-5-6(9(16)17)1-2-8(7)15-3-4-18-10(12,13)14/h1-2,5,15H,3-4H2,(H,16,17). The Morgan fingerprint density at radius 2 is 2.11 bits per heavy atom. The molecule has 18 heavy (non-hydrogen) atoms. The maximum atomic E-state index is 11.8. The minimum atomic E-state index is -4.25. The van der Waals surface area contributed by atoms with Crippen LogP contribution in [0.4, 0.5) is 18.9 Å². The molecule has 1 rings (SSSR count). The molecule has 0 aliphatic carbocycles. The summed E-state index contributed by atoms with van der Waals surface area (Å²) in [4.78, 5) is 10.6. The lowest BCUT2D eigenvalue weighted by atomic mass is 10.2. The van der Waals surface area contributed by atoms with Crippen molar-refractivity contribution in [3.63, 3.8) is 0 Å². The highest BCUT2D eigenvalue weighted by Crippen LogP contribution is 2.30. The van der Waals surface area contributed by atoms with Crippen LogP contribution in [0, 0.1) is 0 Å². The highest BCUT2D eigenvalue weighted by atomic mass is 35.5.